The molecule has 1 aromatic heterocycles. The Hall–Kier alpha value is -1.89. The Kier molecular flexibility index (Phi) is 7.71. The monoisotopic (exact) mass is 621 g/mol. The smallest absolute Gasteiger partial charge is 0.354 e. The SMILES string of the molecule is CCN(c1ncc(Br)cc1CN1C(C)[C@@H](c2cc(C(F)(F)F)cc(C(F)(F)F)c2)OC12CO2)C1CCCCC1. The maximum atomic E-state index is 13.5. The van der Waals surface area contributed by atoms with E-state index in [1.54, 1.807) is 13.1 Å². The van der Waals surface area contributed by atoms with Crippen molar-refractivity contribution in [1.29, 1.82) is 0 Å². The zero-order chi connectivity index (χ0) is 28.2. The predicted molar refractivity (Wildman–Crippen MR) is 136 cm³/mol. The third-order valence-corrected chi connectivity index (χ3v) is 8.32. The highest BCUT2D eigenvalue weighted by atomic mass is 79.9. The van der Waals surface area contributed by atoms with Gasteiger partial charge in [-0.2, -0.15) is 26.3 Å². The number of pyridine rings is 1. The van der Waals surface area contributed by atoms with E-state index in [1.807, 2.05) is 11.0 Å². The molecule has 1 aliphatic carbocycles. The fourth-order valence-electron chi connectivity index (χ4n) is 5.89. The van der Waals surface area contributed by atoms with Crippen molar-refractivity contribution in [3.63, 3.8) is 0 Å². The molecule has 2 saturated heterocycles. The standard InChI is InChI=1S/C27H30BrF6N3O2/c1-3-36(22-7-5-4-6-8-22)24-18(11-21(28)13-35-24)14-37-16(2)23(39-25(37)15-38-25)17-9-19(26(29,30)31)12-20(10-17)27(32,33)34/h9-13,16,22-23H,3-8,14-15H2,1-2H3/t16?,23-,25?/m0/s1. The first-order valence-electron chi connectivity index (χ1n) is 13.1. The topological polar surface area (TPSA) is 41.1 Å². The summed E-state index contributed by atoms with van der Waals surface area (Å²) < 4.78 is 93.7. The molecule has 0 bridgehead atoms. The highest BCUT2D eigenvalue weighted by Crippen LogP contribution is 2.51. The lowest BCUT2D eigenvalue weighted by molar-refractivity contribution is -0.143. The number of benzene rings is 1. The van der Waals surface area contributed by atoms with Crippen molar-refractivity contribution >= 4 is 21.7 Å². The van der Waals surface area contributed by atoms with E-state index in [4.69, 9.17) is 14.5 Å². The molecule has 3 atom stereocenters. The fraction of sp³-hybridized carbons (Fsp3) is 0.593. The number of ether oxygens (including phenoxy) is 2. The molecule has 3 fully saturated rings. The van der Waals surface area contributed by atoms with Crippen molar-refractivity contribution < 1.29 is 35.8 Å². The molecule has 0 radical (unpaired) electrons. The van der Waals surface area contributed by atoms with Crippen molar-refractivity contribution in [2.24, 2.45) is 0 Å². The van der Waals surface area contributed by atoms with Gasteiger partial charge in [0.1, 0.15) is 18.5 Å². The number of alkyl halides is 6. The highest BCUT2D eigenvalue weighted by molar-refractivity contribution is 9.10. The van der Waals surface area contributed by atoms with Gasteiger partial charge < -0.3 is 14.4 Å². The molecule has 1 saturated carbocycles. The molecule has 2 aromatic rings. The molecule has 39 heavy (non-hydrogen) atoms. The summed E-state index contributed by atoms with van der Waals surface area (Å²) in [4.78, 5) is 8.90. The number of rotatable bonds is 6. The quantitative estimate of drug-likeness (QED) is 0.244. The lowest BCUT2D eigenvalue weighted by atomic mass is 9.94. The van der Waals surface area contributed by atoms with Crippen LogP contribution in [0.15, 0.2) is 34.9 Å². The average Bonchev–Trinajstić information content (AvgIpc) is 3.61. The van der Waals surface area contributed by atoms with Crippen LogP contribution in [-0.4, -0.2) is 41.0 Å². The lowest BCUT2D eigenvalue weighted by Gasteiger charge is -2.36. The van der Waals surface area contributed by atoms with Gasteiger partial charge in [-0.1, -0.05) is 19.3 Å². The molecular formula is C27H30BrF6N3O2. The van der Waals surface area contributed by atoms with E-state index in [9.17, 15) is 26.3 Å². The van der Waals surface area contributed by atoms with Gasteiger partial charge in [0.25, 0.3) is 5.91 Å². The van der Waals surface area contributed by atoms with Crippen LogP contribution in [0.5, 0.6) is 0 Å². The Bertz CT molecular complexity index is 1160. The number of hydrogen-bond acceptors (Lipinski definition) is 5. The zero-order valence-corrected chi connectivity index (χ0v) is 23.2. The van der Waals surface area contributed by atoms with Gasteiger partial charge in [-0.05, 0) is 72.4 Å². The molecule has 1 spiro atoms. The summed E-state index contributed by atoms with van der Waals surface area (Å²) in [5.74, 6) is -0.393. The van der Waals surface area contributed by atoms with Gasteiger partial charge in [0, 0.05) is 41.4 Å². The molecule has 0 N–H and O–H groups in total. The number of halogens is 7. The van der Waals surface area contributed by atoms with E-state index in [0.717, 1.165) is 60.2 Å². The van der Waals surface area contributed by atoms with E-state index in [1.165, 1.54) is 6.42 Å². The average molecular weight is 622 g/mol. The van der Waals surface area contributed by atoms with Crippen molar-refractivity contribution in [3.05, 3.63) is 57.2 Å². The normalized spacial score (nSPS) is 26.4. The maximum absolute atomic E-state index is 13.5. The summed E-state index contributed by atoms with van der Waals surface area (Å²) >= 11 is 3.50. The van der Waals surface area contributed by atoms with Crippen molar-refractivity contribution in [2.45, 2.75) is 88.9 Å². The Morgan fingerprint density at radius 2 is 1.64 bits per heavy atom. The summed E-state index contributed by atoms with van der Waals surface area (Å²) in [6.45, 7) is 5.03. The second kappa shape index (κ2) is 10.5. The predicted octanol–water partition coefficient (Wildman–Crippen LogP) is 7.69. The summed E-state index contributed by atoms with van der Waals surface area (Å²) in [5.41, 5.74) is -2.04. The van der Waals surface area contributed by atoms with Crippen LogP contribution in [0.4, 0.5) is 32.2 Å². The van der Waals surface area contributed by atoms with Gasteiger partial charge in [0.05, 0.1) is 11.1 Å². The van der Waals surface area contributed by atoms with Crippen LogP contribution in [-0.2, 0) is 28.4 Å². The van der Waals surface area contributed by atoms with E-state index in [2.05, 4.69) is 27.8 Å². The molecule has 3 heterocycles. The second-order valence-electron chi connectivity index (χ2n) is 10.5. The van der Waals surface area contributed by atoms with Crippen molar-refractivity contribution in [2.75, 3.05) is 18.1 Å². The van der Waals surface area contributed by atoms with Crippen LogP contribution in [0.3, 0.4) is 0 Å². The second-order valence-corrected chi connectivity index (χ2v) is 11.4. The van der Waals surface area contributed by atoms with E-state index < -0.39 is 41.5 Å². The van der Waals surface area contributed by atoms with Gasteiger partial charge >= 0.3 is 12.4 Å². The minimum Gasteiger partial charge on any atom is -0.354 e. The molecule has 2 aliphatic heterocycles. The number of anilines is 1. The molecule has 3 aliphatic rings. The molecule has 2 unspecified atom stereocenters. The summed E-state index contributed by atoms with van der Waals surface area (Å²) in [5, 5.41) is 0. The summed E-state index contributed by atoms with van der Waals surface area (Å²) in [6, 6.07) is 3.35. The molecule has 214 valence electrons. The first-order valence-corrected chi connectivity index (χ1v) is 13.9. The first-order chi connectivity index (χ1) is 18.3. The van der Waals surface area contributed by atoms with Crippen LogP contribution >= 0.6 is 15.9 Å². The molecule has 12 heteroatoms. The lowest BCUT2D eigenvalue weighted by Crippen LogP contribution is -2.40. The number of aromatic nitrogens is 1. The fourth-order valence-corrected chi connectivity index (χ4v) is 6.27. The van der Waals surface area contributed by atoms with E-state index >= 15 is 0 Å². The van der Waals surface area contributed by atoms with Crippen LogP contribution in [0, 0.1) is 0 Å². The third-order valence-electron chi connectivity index (χ3n) is 7.89. The largest absolute Gasteiger partial charge is 0.416 e. The van der Waals surface area contributed by atoms with Crippen molar-refractivity contribution in [1.82, 2.24) is 9.88 Å². The highest BCUT2D eigenvalue weighted by Gasteiger charge is 2.62. The Labute approximate surface area is 231 Å². The van der Waals surface area contributed by atoms with Gasteiger partial charge in [-0.25, -0.2) is 9.88 Å². The number of nitrogens with zero attached hydrogens (tertiary/aromatic N) is 3. The van der Waals surface area contributed by atoms with Crippen LogP contribution in [0.25, 0.3) is 0 Å². The first kappa shape index (κ1) is 28.6. The third kappa shape index (κ3) is 5.80. The minimum atomic E-state index is -4.94. The Balaban J connectivity index is 1.48. The molecular weight excluding hydrogens is 592 g/mol. The number of epoxide rings is 1. The molecule has 1 aromatic carbocycles. The van der Waals surface area contributed by atoms with Gasteiger partial charge in [0.15, 0.2) is 0 Å². The van der Waals surface area contributed by atoms with Crippen LogP contribution in [0.1, 0.15) is 74.3 Å². The van der Waals surface area contributed by atoms with E-state index in [-0.39, 0.29) is 18.2 Å². The van der Waals surface area contributed by atoms with Crippen molar-refractivity contribution in [3.8, 4) is 0 Å². The molecule has 0 amide bonds. The summed E-state index contributed by atoms with van der Waals surface area (Å²) in [7, 11) is 0. The van der Waals surface area contributed by atoms with Gasteiger partial charge in [-0.3, -0.25) is 0 Å². The Morgan fingerprint density at radius 1 is 1.03 bits per heavy atom. The van der Waals surface area contributed by atoms with Crippen LogP contribution in [0.2, 0.25) is 0 Å². The van der Waals surface area contributed by atoms with Gasteiger partial charge in [0.2, 0.25) is 0 Å². The van der Waals surface area contributed by atoms with Crippen LogP contribution < -0.4 is 4.90 Å². The Morgan fingerprint density at radius 3 is 2.18 bits per heavy atom. The molecule has 5 nitrogen and oxygen atoms in total. The zero-order valence-electron chi connectivity index (χ0n) is 21.6. The number of hydrogen-bond donors (Lipinski definition) is 0. The van der Waals surface area contributed by atoms with E-state index in [0.29, 0.717) is 12.6 Å². The summed E-state index contributed by atoms with van der Waals surface area (Å²) in [6.07, 6.45) is -3.54. The minimum absolute atomic E-state index is 0.133. The molecule has 5 rings (SSSR count). The van der Waals surface area contributed by atoms with Gasteiger partial charge in [-0.15, -0.1) is 0 Å². The maximum Gasteiger partial charge on any atom is 0.416 e.